The fourth-order valence-electron chi connectivity index (χ4n) is 2.73. The van der Waals surface area contributed by atoms with Crippen LogP contribution in [0.3, 0.4) is 0 Å². The molecule has 0 atom stereocenters. The number of carbonyl (C=O) groups is 1. The van der Waals surface area contributed by atoms with Crippen molar-refractivity contribution in [2.75, 3.05) is 32.1 Å². The molecular formula is C20H23Cl2N3OS2. The van der Waals surface area contributed by atoms with Crippen LogP contribution in [-0.4, -0.2) is 43.0 Å². The van der Waals surface area contributed by atoms with Gasteiger partial charge in [0.1, 0.15) is 0 Å². The number of thiophene rings is 1. The van der Waals surface area contributed by atoms with Gasteiger partial charge in [0.2, 0.25) is 0 Å². The second-order valence-electron chi connectivity index (χ2n) is 6.56. The summed E-state index contributed by atoms with van der Waals surface area (Å²) in [5.41, 5.74) is 1.93. The lowest BCUT2D eigenvalue weighted by molar-refractivity contribution is -0.114. The molecule has 0 fully saturated rings. The van der Waals surface area contributed by atoms with E-state index in [0.717, 1.165) is 38.8 Å². The molecule has 0 aliphatic rings. The minimum Gasteiger partial charge on any atom is -0.309 e. The lowest BCUT2D eigenvalue weighted by atomic mass is 10.2. The molecule has 0 saturated carbocycles. The van der Waals surface area contributed by atoms with Crippen molar-refractivity contribution in [2.45, 2.75) is 13.3 Å². The van der Waals surface area contributed by atoms with Gasteiger partial charge in [-0.05, 0) is 69.2 Å². The zero-order valence-electron chi connectivity index (χ0n) is 16.0. The number of benzene rings is 1. The van der Waals surface area contributed by atoms with Gasteiger partial charge in [-0.15, -0.1) is 23.7 Å². The molecular weight excluding hydrogens is 433 g/mol. The van der Waals surface area contributed by atoms with Crippen LogP contribution in [0.4, 0.5) is 5.13 Å². The smallest absolute Gasteiger partial charge is 0.252 e. The Morgan fingerprint density at radius 2 is 2.07 bits per heavy atom. The predicted molar refractivity (Wildman–Crippen MR) is 125 cm³/mol. The number of anilines is 1. The summed E-state index contributed by atoms with van der Waals surface area (Å²) in [5, 5.41) is 3.41. The summed E-state index contributed by atoms with van der Waals surface area (Å²) in [6, 6.07) is 7.79. The highest BCUT2D eigenvalue weighted by atomic mass is 35.5. The Balaban J connectivity index is 0.00000280. The Kier molecular flexibility index (Phi) is 8.46. The van der Waals surface area contributed by atoms with Gasteiger partial charge in [-0.25, -0.2) is 4.98 Å². The third-order valence-electron chi connectivity index (χ3n) is 4.06. The van der Waals surface area contributed by atoms with Crippen molar-refractivity contribution >= 4 is 74.0 Å². The van der Waals surface area contributed by atoms with Crippen molar-refractivity contribution in [3.63, 3.8) is 0 Å². The van der Waals surface area contributed by atoms with E-state index in [1.807, 2.05) is 56.7 Å². The SMILES string of the molecule is Cc1cc(Cl)cc2sc(N(CCCN(C)C)C(=O)C=Cc3cccs3)nc12.Cl. The summed E-state index contributed by atoms with van der Waals surface area (Å²) in [7, 11) is 4.07. The monoisotopic (exact) mass is 455 g/mol. The Hall–Kier alpha value is -1.44. The minimum absolute atomic E-state index is 0. The Morgan fingerprint density at radius 3 is 2.75 bits per heavy atom. The molecule has 0 spiro atoms. The van der Waals surface area contributed by atoms with Crippen molar-refractivity contribution in [3.05, 3.63) is 51.2 Å². The molecule has 0 bridgehead atoms. The van der Waals surface area contributed by atoms with E-state index >= 15 is 0 Å². The molecule has 0 aliphatic heterocycles. The highest BCUT2D eigenvalue weighted by molar-refractivity contribution is 7.22. The number of amides is 1. The lowest BCUT2D eigenvalue weighted by Crippen LogP contribution is -2.32. The van der Waals surface area contributed by atoms with Crippen molar-refractivity contribution in [3.8, 4) is 0 Å². The number of thiazole rings is 1. The molecule has 2 aromatic heterocycles. The fourth-order valence-corrected chi connectivity index (χ4v) is 4.80. The lowest BCUT2D eigenvalue weighted by Gasteiger charge is -2.19. The van der Waals surface area contributed by atoms with Crippen LogP contribution in [0.15, 0.2) is 35.7 Å². The molecule has 8 heteroatoms. The van der Waals surface area contributed by atoms with E-state index in [-0.39, 0.29) is 18.3 Å². The third kappa shape index (κ3) is 5.78. The first-order valence-electron chi connectivity index (χ1n) is 8.68. The molecule has 1 aromatic carbocycles. The zero-order valence-corrected chi connectivity index (χ0v) is 19.2. The van der Waals surface area contributed by atoms with E-state index in [2.05, 4.69) is 4.90 Å². The van der Waals surface area contributed by atoms with Gasteiger partial charge < -0.3 is 4.90 Å². The topological polar surface area (TPSA) is 36.4 Å². The highest BCUT2D eigenvalue weighted by Gasteiger charge is 2.18. The number of aromatic nitrogens is 1. The van der Waals surface area contributed by atoms with Gasteiger partial charge in [0.05, 0.1) is 10.2 Å². The van der Waals surface area contributed by atoms with E-state index in [9.17, 15) is 4.79 Å². The number of hydrogen-bond donors (Lipinski definition) is 0. The first-order chi connectivity index (χ1) is 12.9. The van der Waals surface area contributed by atoms with Crippen molar-refractivity contribution < 1.29 is 4.79 Å². The van der Waals surface area contributed by atoms with Gasteiger partial charge in [0, 0.05) is 22.5 Å². The second kappa shape index (κ2) is 10.4. The highest BCUT2D eigenvalue weighted by Crippen LogP contribution is 2.33. The van der Waals surface area contributed by atoms with E-state index in [1.165, 1.54) is 11.3 Å². The van der Waals surface area contributed by atoms with E-state index in [1.54, 1.807) is 22.3 Å². The van der Waals surface area contributed by atoms with Crippen LogP contribution in [0.2, 0.25) is 5.02 Å². The maximum atomic E-state index is 12.9. The first-order valence-corrected chi connectivity index (χ1v) is 10.8. The largest absolute Gasteiger partial charge is 0.309 e. The van der Waals surface area contributed by atoms with Crippen LogP contribution in [0.25, 0.3) is 16.3 Å². The maximum Gasteiger partial charge on any atom is 0.252 e. The summed E-state index contributed by atoms with van der Waals surface area (Å²) in [6.07, 6.45) is 4.37. The van der Waals surface area contributed by atoms with Crippen LogP contribution in [0.1, 0.15) is 16.9 Å². The van der Waals surface area contributed by atoms with E-state index in [4.69, 9.17) is 16.6 Å². The third-order valence-corrected chi connectivity index (χ3v) is 6.14. The number of rotatable bonds is 7. The first kappa shape index (κ1) is 22.8. The average Bonchev–Trinajstić information content (AvgIpc) is 3.25. The van der Waals surface area contributed by atoms with Crippen LogP contribution < -0.4 is 4.90 Å². The molecule has 2 heterocycles. The average molecular weight is 456 g/mol. The van der Waals surface area contributed by atoms with Crippen molar-refractivity contribution in [1.29, 1.82) is 0 Å². The van der Waals surface area contributed by atoms with Gasteiger partial charge in [-0.2, -0.15) is 0 Å². The van der Waals surface area contributed by atoms with Crippen molar-refractivity contribution in [2.24, 2.45) is 0 Å². The van der Waals surface area contributed by atoms with Crippen LogP contribution >= 0.6 is 46.7 Å². The van der Waals surface area contributed by atoms with Crippen LogP contribution in [0, 0.1) is 6.92 Å². The Bertz CT molecular complexity index is 952. The van der Waals surface area contributed by atoms with Gasteiger partial charge in [0.15, 0.2) is 5.13 Å². The summed E-state index contributed by atoms with van der Waals surface area (Å²) in [5.74, 6) is -0.0510. The summed E-state index contributed by atoms with van der Waals surface area (Å²) < 4.78 is 1.00. The molecule has 1 amide bonds. The number of halogens is 2. The van der Waals surface area contributed by atoms with Crippen LogP contribution in [-0.2, 0) is 4.79 Å². The second-order valence-corrected chi connectivity index (χ2v) is 8.99. The molecule has 0 saturated heterocycles. The Labute approximate surface area is 184 Å². The molecule has 28 heavy (non-hydrogen) atoms. The molecule has 150 valence electrons. The van der Waals surface area contributed by atoms with Gasteiger partial charge >= 0.3 is 0 Å². The Morgan fingerprint density at radius 1 is 1.29 bits per heavy atom. The normalized spacial score (nSPS) is 11.3. The molecule has 0 unspecified atom stereocenters. The number of carbonyl (C=O) groups excluding carboxylic acids is 1. The number of hydrogen-bond acceptors (Lipinski definition) is 5. The van der Waals surface area contributed by atoms with Crippen molar-refractivity contribution in [1.82, 2.24) is 9.88 Å². The number of fused-ring (bicyclic) bond motifs is 1. The molecule has 0 radical (unpaired) electrons. The van der Waals surface area contributed by atoms with Crippen LogP contribution in [0.5, 0.6) is 0 Å². The summed E-state index contributed by atoms with van der Waals surface area (Å²) in [6.45, 7) is 3.53. The molecule has 3 rings (SSSR count). The molecule has 4 nitrogen and oxygen atoms in total. The summed E-state index contributed by atoms with van der Waals surface area (Å²) >= 11 is 9.30. The quantitative estimate of drug-likeness (QED) is 0.426. The van der Waals surface area contributed by atoms with Gasteiger partial charge in [0.25, 0.3) is 5.91 Å². The number of aryl methyl sites for hydroxylation is 1. The minimum atomic E-state index is -0.0510. The van der Waals surface area contributed by atoms with Gasteiger partial charge in [-0.3, -0.25) is 9.69 Å². The number of nitrogens with zero attached hydrogens (tertiary/aromatic N) is 3. The molecule has 0 aliphatic carbocycles. The van der Waals surface area contributed by atoms with E-state index < -0.39 is 0 Å². The van der Waals surface area contributed by atoms with Gasteiger partial charge in [-0.1, -0.05) is 29.0 Å². The predicted octanol–water partition coefficient (Wildman–Crippen LogP) is 5.74. The molecule has 0 N–H and O–H groups in total. The molecule has 3 aromatic rings. The maximum absolute atomic E-state index is 12.9. The zero-order chi connectivity index (χ0) is 19.4. The fraction of sp³-hybridized carbons (Fsp3) is 0.300. The standard InChI is InChI=1S/C20H22ClN3OS2.ClH/c1-14-12-15(21)13-17-19(14)22-20(27-17)24(10-5-9-23(2)3)18(25)8-7-16-6-4-11-26-16;/h4,6-8,11-13H,5,9-10H2,1-3H3;1H. The summed E-state index contributed by atoms with van der Waals surface area (Å²) in [4.78, 5) is 22.6. The van der Waals surface area contributed by atoms with E-state index in [0.29, 0.717) is 11.6 Å².